The van der Waals surface area contributed by atoms with Gasteiger partial charge in [-0.2, -0.15) is 13.2 Å². The molecule has 0 spiro atoms. The average molecular weight is 374 g/mol. The quantitative estimate of drug-likeness (QED) is 0.448. The summed E-state index contributed by atoms with van der Waals surface area (Å²) in [4.78, 5) is 12.2. The fraction of sp³-hybridized carbons (Fsp3) is 0.556. The summed E-state index contributed by atoms with van der Waals surface area (Å²) >= 11 is 0. The molecule has 5 nitrogen and oxygen atoms in total. The molecule has 1 aliphatic rings. The van der Waals surface area contributed by atoms with Crippen molar-refractivity contribution in [1.82, 2.24) is 5.32 Å². The first-order chi connectivity index (χ1) is 11.8. The molecule has 0 unspecified atom stereocenters. The van der Waals surface area contributed by atoms with Crippen LogP contribution in [-0.4, -0.2) is 35.5 Å². The van der Waals surface area contributed by atoms with E-state index in [4.69, 9.17) is 10.1 Å². The minimum atomic E-state index is -4.35. The second-order valence-electron chi connectivity index (χ2n) is 7.01. The number of ketones is 1. The molecule has 0 radical (unpaired) electrons. The summed E-state index contributed by atoms with van der Waals surface area (Å²) in [6.07, 6.45) is -1.97. The van der Waals surface area contributed by atoms with Gasteiger partial charge >= 0.3 is 6.18 Å². The second kappa shape index (κ2) is 8.53. The highest BCUT2D eigenvalue weighted by atomic mass is 19.4. The van der Waals surface area contributed by atoms with Gasteiger partial charge in [0, 0.05) is 18.6 Å². The Bertz CT molecular complexity index is 639. The summed E-state index contributed by atoms with van der Waals surface area (Å²) in [5.74, 6) is -0.477. The fourth-order valence-corrected chi connectivity index (χ4v) is 2.12. The van der Waals surface area contributed by atoms with Crippen LogP contribution in [0.4, 0.5) is 13.2 Å². The zero-order valence-electron chi connectivity index (χ0n) is 15.3. The van der Waals surface area contributed by atoms with E-state index in [0.717, 1.165) is 6.21 Å². The molecule has 0 fully saturated rings. The van der Waals surface area contributed by atoms with Gasteiger partial charge in [-0.15, -0.1) is 0 Å². The van der Waals surface area contributed by atoms with E-state index in [0.29, 0.717) is 0 Å². The number of alkyl halides is 3. The van der Waals surface area contributed by atoms with Crippen LogP contribution >= 0.6 is 0 Å². The highest BCUT2D eigenvalue weighted by molar-refractivity contribution is 6.14. The predicted molar refractivity (Wildman–Crippen MR) is 92.5 cm³/mol. The van der Waals surface area contributed by atoms with Crippen molar-refractivity contribution in [3.05, 3.63) is 34.9 Å². The van der Waals surface area contributed by atoms with Crippen molar-refractivity contribution in [2.24, 2.45) is 5.92 Å². The maximum Gasteiger partial charge on any atom is 0.389 e. The van der Waals surface area contributed by atoms with Gasteiger partial charge in [-0.05, 0) is 32.4 Å². The van der Waals surface area contributed by atoms with Crippen molar-refractivity contribution >= 4 is 12.0 Å². The first kappa shape index (κ1) is 22.0. The third-order valence-electron chi connectivity index (χ3n) is 3.45. The van der Waals surface area contributed by atoms with Crippen molar-refractivity contribution in [1.29, 1.82) is 5.41 Å². The molecule has 1 rings (SSSR count). The molecular weight excluding hydrogens is 349 g/mol. The van der Waals surface area contributed by atoms with Crippen molar-refractivity contribution in [3.8, 4) is 0 Å². The maximum absolute atomic E-state index is 12.6. The molecule has 146 valence electrons. The van der Waals surface area contributed by atoms with E-state index in [1.807, 2.05) is 0 Å². The van der Waals surface area contributed by atoms with Crippen LogP contribution in [0.1, 0.15) is 40.5 Å². The Balaban J connectivity index is 3.16. The second-order valence-corrected chi connectivity index (χ2v) is 7.01. The molecule has 0 saturated carbocycles. The minimum absolute atomic E-state index is 0.0855. The molecular formula is C18H25F3N2O3. The van der Waals surface area contributed by atoms with Crippen LogP contribution in [-0.2, 0) is 9.53 Å². The lowest BCUT2D eigenvalue weighted by molar-refractivity contribution is -0.134. The first-order valence-electron chi connectivity index (χ1n) is 8.23. The topological polar surface area (TPSA) is 82.4 Å². The van der Waals surface area contributed by atoms with Gasteiger partial charge in [0.25, 0.3) is 0 Å². The normalized spacial score (nSPS) is 17.3. The van der Waals surface area contributed by atoms with Gasteiger partial charge in [0.15, 0.2) is 5.78 Å². The van der Waals surface area contributed by atoms with Crippen LogP contribution in [0.3, 0.4) is 0 Å². The summed E-state index contributed by atoms with van der Waals surface area (Å²) in [5, 5.41) is 20.0. The van der Waals surface area contributed by atoms with Gasteiger partial charge in [0.2, 0.25) is 0 Å². The Morgan fingerprint density at radius 2 is 1.96 bits per heavy atom. The van der Waals surface area contributed by atoms with Gasteiger partial charge in [0.05, 0.1) is 22.6 Å². The molecule has 8 heteroatoms. The summed E-state index contributed by atoms with van der Waals surface area (Å²) < 4.78 is 43.3. The largest absolute Gasteiger partial charge is 0.489 e. The van der Waals surface area contributed by atoms with E-state index in [-0.39, 0.29) is 47.5 Å². The molecule has 0 aliphatic carbocycles. The van der Waals surface area contributed by atoms with Gasteiger partial charge in [0.1, 0.15) is 12.4 Å². The third-order valence-corrected chi connectivity index (χ3v) is 3.45. The highest BCUT2D eigenvalue weighted by Crippen LogP contribution is 2.28. The average Bonchev–Trinajstić information content (AvgIpc) is 2.50. The Morgan fingerprint density at radius 3 is 2.42 bits per heavy atom. The van der Waals surface area contributed by atoms with Gasteiger partial charge in [-0.25, -0.2) is 0 Å². The Kier molecular flexibility index (Phi) is 7.20. The SMILES string of the molecule is CC(C)C(=O)/C(C=N)=C1\C=CC(OCC(C)(C)O)=C(CCC(F)(F)F)N1. The van der Waals surface area contributed by atoms with E-state index >= 15 is 0 Å². The molecule has 0 saturated heterocycles. The van der Waals surface area contributed by atoms with Crippen LogP contribution in [0.15, 0.2) is 34.9 Å². The standard InChI is InChI=1S/C18H25F3N2O3/c1-11(2)16(24)12(9-22)13-5-6-15(26-10-17(3,4)25)14(23-13)7-8-18(19,20)21/h5-6,9,11,22-23,25H,7-8,10H2,1-4H3/b13-12+,22-9?. The van der Waals surface area contributed by atoms with Crippen LogP contribution in [0.2, 0.25) is 0 Å². The van der Waals surface area contributed by atoms with E-state index in [1.54, 1.807) is 13.8 Å². The number of halogens is 3. The van der Waals surface area contributed by atoms with E-state index in [9.17, 15) is 23.1 Å². The summed E-state index contributed by atoms with van der Waals surface area (Å²) in [6.45, 7) is 6.28. The Morgan fingerprint density at radius 1 is 1.35 bits per heavy atom. The van der Waals surface area contributed by atoms with E-state index in [1.165, 1.54) is 26.0 Å². The molecule has 3 N–H and O–H groups in total. The van der Waals surface area contributed by atoms with Gasteiger partial charge in [-0.1, -0.05) is 13.8 Å². The van der Waals surface area contributed by atoms with E-state index in [2.05, 4.69) is 5.32 Å². The monoisotopic (exact) mass is 374 g/mol. The molecule has 0 atom stereocenters. The van der Waals surface area contributed by atoms with Gasteiger partial charge in [-0.3, -0.25) is 4.79 Å². The third kappa shape index (κ3) is 7.03. The number of ether oxygens (including phenoxy) is 1. The number of hydrogen-bond donors (Lipinski definition) is 3. The lowest BCUT2D eigenvalue weighted by atomic mass is 9.98. The number of allylic oxidation sites excluding steroid dienone is 4. The zero-order valence-corrected chi connectivity index (χ0v) is 15.3. The number of aliphatic hydroxyl groups is 1. The molecule has 1 heterocycles. The molecule has 0 bridgehead atoms. The fourth-order valence-electron chi connectivity index (χ4n) is 2.12. The predicted octanol–water partition coefficient (Wildman–Crippen LogP) is 3.62. The van der Waals surface area contributed by atoms with Crippen LogP contribution in [0.5, 0.6) is 0 Å². The first-order valence-corrected chi connectivity index (χ1v) is 8.23. The Labute approximate surface area is 151 Å². The number of carbonyl (C=O) groups excluding carboxylic acids is 1. The number of carbonyl (C=O) groups is 1. The van der Waals surface area contributed by atoms with Crippen molar-refractivity contribution < 1.29 is 27.8 Å². The number of dihydropyridines is 1. The molecule has 26 heavy (non-hydrogen) atoms. The summed E-state index contributed by atoms with van der Waals surface area (Å²) in [6, 6.07) is 0. The molecule has 0 amide bonds. The molecule has 0 aromatic carbocycles. The highest BCUT2D eigenvalue weighted by Gasteiger charge is 2.29. The van der Waals surface area contributed by atoms with Crippen LogP contribution < -0.4 is 5.32 Å². The zero-order chi connectivity index (χ0) is 20.1. The number of hydrogen-bond acceptors (Lipinski definition) is 5. The Hall–Kier alpha value is -2.09. The number of Topliss-reactive ketones (excluding diaryl/α,β-unsaturated/α-hetero) is 1. The molecule has 0 aromatic heterocycles. The van der Waals surface area contributed by atoms with Crippen LogP contribution in [0, 0.1) is 11.3 Å². The number of rotatable bonds is 8. The summed E-state index contributed by atoms with van der Waals surface area (Å²) in [5.41, 5.74) is -0.659. The minimum Gasteiger partial charge on any atom is -0.489 e. The van der Waals surface area contributed by atoms with Crippen molar-refractivity contribution in [3.63, 3.8) is 0 Å². The lowest BCUT2D eigenvalue weighted by Crippen LogP contribution is -2.28. The lowest BCUT2D eigenvalue weighted by Gasteiger charge is -2.25. The van der Waals surface area contributed by atoms with Gasteiger partial charge < -0.3 is 20.6 Å². The molecule has 1 aliphatic heterocycles. The molecule has 0 aromatic rings. The van der Waals surface area contributed by atoms with Crippen molar-refractivity contribution in [2.75, 3.05) is 6.61 Å². The summed E-state index contributed by atoms with van der Waals surface area (Å²) in [7, 11) is 0. The van der Waals surface area contributed by atoms with E-state index < -0.39 is 18.2 Å². The number of nitrogens with one attached hydrogen (secondary N) is 2. The van der Waals surface area contributed by atoms with Crippen LogP contribution in [0.25, 0.3) is 0 Å². The van der Waals surface area contributed by atoms with Crippen molar-refractivity contribution in [2.45, 2.75) is 52.3 Å². The maximum atomic E-state index is 12.6. The smallest absolute Gasteiger partial charge is 0.389 e.